The standard InChI is InChI=1S/C32H30Cl2N2O2S/c33-25-11-7-23(8-12-25)29-30-27(22-5-2-1-3-6-22)21-28(37)36(16-4-15-35-17-19-38-20-18-35)32(30)39-31(29)24-9-13-26(34)14-10-24/h1-3,5-14,27H,4,15-21H2. The smallest absolute Gasteiger partial charge is 0.228 e. The first-order valence-electron chi connectivity index (χ1n) is 13.4. The molecule has 2 aliphatic heterocycles. The van der Waals surface area contributed by atoms with Crippen LogP contribution >= 0.6 is 34.5 Å². The number of hydrogen-bond acceptors (Lipinski definition) is 4. The summed E-state index contributed by atoms with van der Waals surface area (Å²) in [5, 5.41) is 2.46. The molecule has 1 amide bonds. The monoisotopic (exact) mass is 576 g/mol. The first-order valence-corrected chi connectivity index (χ1v) is 15.0. The van der Waals surface area contributed by atoms with Gasteiger partial charge in [-0.05, 0) is 47.4 Å². The summed E-state index contributed by atoms with van der Waals surface area (Å²) in [7, 11) is 0. The van der Waals surface area contributed by atoms with E-state index in [1.165, 1.54) is 11.1 Å². The molecule has 3 aromatic carbocycles. The van der Waals surface area contributed by atoms with Crippen molar-refractivity contribution in [1.82, 2.24) is 4.90 Å². The van der Waals surface area contributed by atoms with E-state index in [-0.39, 0.29) is 11.8 Å². The molecule has 200 valence electrons. The molecule has 0 saturated carbocycles. The maximum absolute atomic E-state index is 13.8. The molecule has 0 aliphatic carbocycles. The normalized spacial score (nSPS) is 17.8. The third kappa shape index (κ3) is 5.65. The molecule has 0 N–H and O–H groups in total. The Balaban J connectivity index is 1.47. The topological polar surface area (TPSA) is 32.8 Å². The predicted molar refractivity (Wildman–Crippen MR) is 162 cm³/mol. The minimum atomic E-state index is -0.0211. The van der Waals surface area contributed by atoms with Crippen molar-refractivity contribution >= 4 is 45.4 Å². The van der Waals surface area contributed by atoms with Gasteiger partial charge in [-0.3, -0.25) is 9.69 Å². The first kappa shape index (κ1) is 26.5. The number of benzene rings is 3. The lowest BCUT2D eigenvalue weighted by atomic mass is 9.82. The molecule has 4 aromatic rings. The molecule has 0 radical (unpaired) electrons. The lowest BCUT2D eigenvalue weighted by Crippen LogP contribution is -2.40. The summed E-state index contributed by atoms with van der Waals surface area (Å²) in [5.41, 5.74) is 5.76. The maximum Gasteiger partial charge on any atom is 0.228 e. The molecule has 39 heavy (non-hydrogen) atoms. The molecule has 1 saturated heterocycles. The van der Waals surface area contributed by atoms with E-state index < -0.39 is 0 Å². The quantitative estimate of drug-likeness (QED) is 0.223. The summed E-state index contributed by atoms with van der Waals surface area (Å²) in [6.45, 7) is 5.14. The number of rotatable bonds is 7. The molecule has 1 fully saturated rings. The van der Waals surface area contributed by atoms with E-state index in [1.807, 2.05) is 35.2 Å². The van der Waals surface area contributed by atoms with Gasteiger partial charge in [0.15, 0.2) is 0 Å². The number of fused-ring (bicyclic) bond motifs is 1. The number of hydrogen-bond donors (Lipinski definition) is 0. The fourth-order valence-electron chi connectivity index (χ4n) is 5.64. The Labute approximate surface area is 243 Å². The molecule has 0 spiro atoms. The summed E-state index contributed by atoms with van der Waals surface area (Å²) in [6, 6.07) is 26.5. The minimum absolute atomic E-state index is 0.0211. The van der Waals surface area contributed by atoms with Gasteiger partial charge in [-0.15, -0.1) is 11.3 Å². The van der Waals surface area contributed by atoms with Gasteiger partial charge >= 0.3 is 0 Å². The third-order valence-corrected chi connectivity index (χ3v) is 9.38. The molecule has 1 atom stereocenters. The lowest BCUT2D eigenvalue weighted by molar-refractivity contribution is -0.119. The second-order valence-electron chi connectivity index (χ2n) is 10.1. The summed E-state index contributed by atoms with van der Waals surface area (Å²) in [4.78, 5) is 19.4. The van der Waals surface area contributed by atoms with Crippen LogP contribution in [0, 0.1) is 0 Å². The molecule has 4 nitrogen and oxygen atoms in total. The van der Waals surface area contributed by atoms with Crippen LogP contribution in [0.2, 0.25) is 10.0 Å². The number of carbonyl (C=O) groups excluding carboxylic acids is 1. The van der Waals surface area contributed by atoms with Gasteiger partial charge in [0, 0.05) is 64.6 Å². The van der Waals surface area contributed by atoms with Gasteiger partial charge in [-0.25, -0.2) is 0 Å². The number of anilines is 1. The van der Waals surface area contributed by atoms with Crippen LogP contribution in [-0.4, -0.2) is 50.2 Å². The van der Waals surface area contributed by atoms with Crippen LogP contribution in [0.3, 0.4) is 0 Å². The maximum atomic E-state index is 13.8. The molecule has 3 heterocycles. The zero-order chi connectivity index (χ0) is 26.8. The van der Waals surface area contributed by atoms with Crippen molar-refractivity contribution in [2.24, 2.45) is 0 Å². The van der Waals surface area contributed by atoms with Crippen molar-refractivity contribution in [2.75, 3.05) is 44.3 Å². The van der Waals surface area contributed by atoms with Gasteiger partial charge in [0.05, 0.1) is 13.2 Å². The molecule has 0 bridgehead atoms. The number of halogens is 2. The van der Waals surface area contributed by atoms with Crippen LogP contribution in [0.4, 0.5) is 5.00 Å². The Kier molecular flexibility index (Phi) is 8.05. The summed E-state index contributed by atoms with van der Waals surface area (Å²) in [5.74, 6) is 0.164. The van der Waals surface area contributed by atoms with Gasteiger partial charge < -0.3 is 9.64 Å². The van der Waals surface area contributed by atoms with E-state index in [1.54, 1.807) is 11.3 Å². The number of morpholine rings is 1. The van der Waals surface area contributed by atoms with E-state index in [9.17, 15) is 4.79 Å². The minimum Gasteiger partial charge on any atom is -0.379 e. The van der Waals surface area contributed by atoms with Gasteiger partial charge in [0.2, 0.25) is 5.91 Å². The van der Waals surface area contributed by atoms with Crippen molar-refractivity contribution in [3.63, 3.8) is 0 Å². The molecule has 6 rings (SSSR count). The van der Waals surface area contributed by atoms with Gasteiger partial charge in [0.1, 0.15) is 5.00 Å². The molecule has 2 aliphatic rings. The molecular formula is C32H30Cl2N2O2S. The Bertz CT molecular complexity index is 1430. The van der Waals surface area contributed by atoms with Crippen LogP contribution in [0.1, 0.15) is 29.9 Å². The summed E-state index contributed by atoms with van der Waals surface area (Å²) < 4.78 is 5.51. The molecule has 1 aromatic heterocycles. The van der Waals surface area contributed by atoms with E-state index in [0.29, 0.717) is 23.0 Å². The Morgan fingerprint density at radius 3 is 2.13 bits per heavy atom. The van der Waals surface area contributed by atoms with Gasteiger partial charge in [-0.1, -0.05) is 77.8 Å². The summed E-state index contributed by atoms with van der Waals surface area (Å²) >= 11 is 14.3. The Morgan fingerprint density at radius 2 is 1.46 bits per heavy atom. The van der Waals surface area contributed by atoms with Crippen molar-refractivity contribution in [2.45, 2.75) is 18.8 Å². The Hall–Kier alpha value is -2.67. The van der Waals surface area contributed by atoms with Gasteiger partial charge in [-0.2, -0.15) is 0 Å². The van der Waals surface area contributed by atoms with Crippen molar-refractivity contribution in [1.29, 1.82) is 0 Å². The van der Waals surface area contributed by atoms with Crippen molar-refractivity contribution in [3.8, 4) is 21.6 Å². The number of thiophene rings is 1. The fraction of sp³-hybridized carbons (Fsp3) is 0.281. The van der Waals surface area contributed by atoms with E-state index in [0.717, 1.165) is 65.8 Å². The highest BCUT2D eigenvalue weighted by molar-refractivity contribution is 7.20. The Morgan fingerprint density at radius 1 is 0.821 bits per heavy atom. The van der Waals surface area contributed by atoms with Crippen LogP contribution in [0.5, 0.6) is 0 Å². The van der Waals surface area contributed by atoms with Crippen molar-refractivity contribution < 1.29 is 9.53 Å². The van der Waals surface area contributed by atoms with Crippen molar-refractivity contribution in [3.05, 3.63) is 100 Å². The van der Waals surface area contributed by atoms with Gasteiger partial charge in [0.25, 0.3) is 0 Å². The average molecular weight is 578 g/mol. The molecule has 7 heteroatoms. The molecular weight excluding hydrogens is 547 g/mol. The number of ether oxygens (including phenoxy) is 1. The highest BCUT2D eigenvalue weighted by Gasteiger charge is 2.38. The van der Waals surface area contributed by atoms with Crippen LogP contribution in [0.25, 0.3) is 21.6 Å². The fourth-order valence-corrected chi connectivity index (χ4v) is 7.32. The van der Waals surface area contributed by atoms with E-state index in [4.69, 9.17) is 27.9 Å². The number of amides is 1. The lowest BCUT2D eigenvalue weighted by Gasteiger charge is -2.33. The highest BCUT2D eigenvalue weighted by atomic mass is 35.5. The largest absolute Gasteiger partial charge is 0.379 e. The number of nitrogens with zero attached hydrogens (tertiary/aromatic N) is 2. The average Bonchev–Trinajstić information content (AvgIpc) is 3.36. The van der Waals surface area contributed by atoms with Crippen LogP contribution < -0.4 is 4.90 Å². The second-order valence-corrected chi connectivity index (χ2v) is 11.9. The van der Waals surface area contributed by atoms with E-state index >= 15 is 0 Å². The SMILES string of the molecule is O=C1CC(c2ccccc2)c2c(sc(-c3ccc(Cl)cc3)c2-c2ccc(Cl)cc2)N1CCCN1CCOCC1. The summed E-state index contributed by atoms with van der Waals surface area (Å²) in [6.07, 6.45) is 1.37. The number of carbonyl (C=O) groups is 1. The zero-order valence-corrected chi connectivity index (χ0v) is 23.9. The van der Waals surface area contributed by atoms with E-state index in [2.05, 4.69) is 53.4 Å². The van der Waals surface area contributed by atoms with Crippen LogP contribution in [0.15, 0.2) is 78.9 Å². The first-order chi connectivity index (χ1) is 19.1. The third-order valence-electron chi connectivity index (χ3n) is 7.60. The highest BCUT2D eigenvalue weighted by Crippen LogP contribution is 2.54. The predicted octanol–water partition coefficient (Wildman–Crippen LogP) is 7.98. The second kappa shape index (κ2) is 11.8. The zero-order valence-electron chi connectivity index (χ0n) is 21.6. The van der Waals surface area contributed by atoms with Crippen LogP contribution in [-0.2, 0) is 9.53 Å². The molecule has 1 unspecified atom stereocenters.